The summed E-state index contributed by atoms with van der Waals surface area (Å²) in [4.78, 5) is 12.0. The second-order valence-electron chi connectivity index (χ2n) is 6.19. The van der Waals surface area contributed by atoms with Crippen molar-refractivity contribution in [2.45, 2.75) is 44.6 Å². The SMILES string of the molecule is N#C/C(F)=C/C=C/CCC1CCC(OC(=O)c2ccc(F)cc2)CC1. The Labute approximate surface area is 146 Å². The largest absolute Gasteiger partial charge is 0.459 e. The van der Waals surface area contributed by atoms with Crippen molar-refractivity contribution in [3.63, 3.8) is 0 Å². The van der Waals surface area contributed by atoms with E-state index < -0.39 is 11.8 Å². The normalized spacial score (nSPS) is 21.1. The van der Waals surface area contributed by atoms with Crippen LogP contribution < -0.4 is 0 Å². The predicted octanol–water partition coefficient (Wildman–Crippen LogP) is 5.25. The van der Waals surface area contributed by atoms with Crippen LogP contribution in [0.15, 0.2) is 48.3 Å². The summed E-state index contributed by atoms with van der Waals surface area (Å²) in [6.07, 6.45) is 9.94. The minimum atomic E-state index is -0.792. The maximum Gasteiger partial charge on any atom is 0.338 e. The molecule has 0 unspecified atom stereocenters. The Balaban J connectivity index is 1.68. The van der Waals surface area contributed by atoms with Gasteiger partial charge in [-0.3, -0.25) is 0 Å². The molecule has 5 heteroatoms. The molecule has 3 nitrogen and oxygen atoms in total. The van der Waals surface area contributed by atoms with Gasteiger partial charge >= 0.3 is 5.97 Å². The Morgan fingerprint density at radius 2 is 1.92 bits per heavy atom. The maximum atomic E-state index is 12.9. The first kappa shape index (κ1) is 18.9. The van der Waals surface area contributed by atoms with Gasteiger partial charge in [0.05, 0.1) is 5.56 Å². The summed E-state index contributed by atoms with van der Waals surface area (Å²) in [5.74, 6) is -1.01. The first-order chi connectivity index (χ1) is 12.1. The highest BCUT2D eigenvalue weighted by atomic mass is 19.1. The molecule has 0 aromatic heterocycles. The summed E-state index contributed by atoms with van der Waals surface area (Å²) < 4.78 is 31.0. The molecule has 2 rings (SSSR count). The fourth-order valence-electron chi connectivity index (χ4n) is 2.96. The van der Waals surface area contributed by atoms with E-state index in [4.69, 9.17) is 10.00 Å². The molecule has 0 amide bonds. The molecule has 0 spiro atoms. The number of halogens is 2. The fourth-order valence-corrected chi connectivity index (χ4v) is 2.96. The number of rotatable bonds is 6. The number of carbonyl (C=O) groups is 1. The third-order valence-electron chi connectivity index (χ3n) is 4.37. The minimum Gasteiger partial charge on any atom is -0.459 e. The van der Waals surface area contributed by atoms with Gasteiger partial charge in [-0.1, -0.05) is 12.2 Å². The molecule has 0 N–H and O–H groups in total. The summed E-state index contributed by atoms with van der Waals surface area (Å²) in [7, 11) is 0. The van der Waals surface area contributed by atoms with Gasteiger partial charge in [-0.05, 0) is 74.8 Å². The number of benzene rings is 1. The monoisotopic (exact) mass is 345 g/mol. The van der Waals surface area contributed by atoms with Gasteiger partial charge < -0.3 is 4.74 Å². The summed E-state index contributed by atoms with van der Waals surface area (Å²) in [6.45, 7) is 0. The topological polar surface area (TPSA) is 50.1 Å². The highest BCUT2D eigenvalue weighted by Gasteiger charge is 2.23. The number of hydrogen-bond donors (Lipinski definition) is 0. The molecule has 0 radical (unpaired) electrons. The van der Waals surface area contributed by atoms with Crippen LogP contribution in [0.1, 0.15) is 48.9 Å². The first-order valence-electron chi connectivity index (χ1n) is 8.47. The lowest BCUT2D eigenvalue weighted by molar-refractivity contribution is 0.0162. The quantitative estimate of drug-likeness (QED) is 0.402. The molecule has 0 bridgehead atoms. The molecule has 0 heterocycles. The Bertz CT molecular complexity index is 666. The molecular weight excluding hydrogens is 324 g/mol. The lowest BCUT2D eigenvalue weighted by Gasteiger charge is -2.28. The maximum absolute atomic E-state index is 12.9. The molecule has 1 aliphatic rings. The Kier molecular flexibility index (Phi) is 7.34. The van der Waals surface area contributed by atoms with Gasteiger partial charge in [-0.2, -0.15) is 9.65 Å². The van der Waals surface area contributed by atoms with Crippen molar-refractivity contribution < 1.29 is 18.3 Å². The molecule has 1 aliphatic carbocycles. The molecule has 132 valence electrons. The Hall–Kier alpha value is -2.48. The molecular formula is C20H21F2NO2. The first-order valence-corrected chi connectivity index (χ1v) is 8.47. The van der Waals surface area contributed by atoms with Gasteiger partial charge in [-0.25, -0.2) is 9.18 Å². The molecule has 1 saturated carbocycles. The number of esters is 1. The minimum absolute atomic E-state index is 0.0861. The lowest BCUT2D eigenvalue weighted by atomic mass is 9.84. The second kappa shape index (κ2) is 9.73. The highest BCUT2D eigenvalue weighted by molar-refractivity contribution is 5.89. The van der Waals surface area contributed by atoms with E-state index in [1.165, 1.54) is 30.3 Å². The fraction of sp³-hybridized carbons (Fsp3) is 0.400. The van der Waals surface area contributed by atoms with Gasteiger partial charge in [0.2, 0.25) is 0 Å². The van der Waals surface area contributed by atoms with Gasteiger partial charge in [0.25, 0.3) is 0 Å². The molecule has 25 heavy (non-hydrogen) atoms. The van der Waals surface area contributed by atoms with Crippen LogP contribution in [0, 0.1) is 23.1 Å². The summed E-state index contributed by atoms with van der Waals surface area (Å²) in [5.41, 5.74) is 0.367. The van der Waals surface area contributed by atoms with Crippen molar-refractivity contribution in [1.29, 1.82) is 5.26 Å². The van der Waals surface area contributed by atoms with Crippen molar-refractivity contribution in [3.8, 4) is 6.07 Å². The third-order valence-corrected chi connectivity index (χ3v) is 4.37. The van der Waals surface area contributed by atoms with E-state index >= 15 is 0 Å². The van der Waals surface area contributed by atoms with Crippen molar-refractivity contribution in [2.24, 2.45) is 5.92 Å². The van der Waals surface area contributed by atoms with E-state index in [1.807, 2.05) is 6.08 Å². The molecule has 0 atom stereocenters. The van der Waals surface area contributed by atoms with Crippen LogP contribution in [0.25, 0.3) is 0 Å². The number of carbonyl (C=O) groups excluding carboxylic acids is 1. The second-order valence-corrected chi connectivity index (χ2v) is 6.19. The van der Waals surface area contributed by atoms with E-state index in [0.29, 0.717) is 11.5 Å². The Morgan fingerprint density at radius 3 is 2.56 bits per heavy atom. The standard InChI is InChI=1S/C20H21F2NO2/c21-17-10-8-16(9-11-17)20(24)25-19-12-6-15(7-13-19)4-2-1-3-5-18(22)14-23/h1,3,5,8-11,15,19H,2,4,6-7,12-13H2/b3-1+,18-5-. The van der Waals surface area contributed by atoms with E-state index in [-0.39, 0.29) is 11.9 Å². The molecule has 0 saturated heterocycles. The van der Waals surface area contributed by atoms with Crippen molar-refractivity contribution >= 4 is 5.97 Å². The zero-order valence-electron chi connectivity index (χ0n) is 14.0. The van der Waals surface area contributed by atoms with Crippen molar-refractivity contribution in [1.82, 2.24) is 0 Å². The van der Waals surface area contributed by atoms with Crippen LogP contribution in [-0.4, -0.2) is 12.1 Å². The summed E-state index contributed by atoms with van der Waals surface area (Å²) in [5, 5.41) is 8.29. The summed E-state index contributed by atoms with van der Waals surface area (Å²) in [6, 6.07) is 6.78. The van der Waals surface area contributed by atoms with Gasteiger partial charge in [0.15, 0.2) is 5.83 Å². The zero-order valence-corrected chi connectivity index (χ0v) is 14.0. The van der Waals surface area contributed by atoms with Crippen LogP contribution in [0.4, 0.5) is 8.78 Å². The molecule has 1 fully saturated rings. The van der Waals surface area contributed by atoms with E-state index in [1.54, 1.807) is 6.08 Å². The van der Waals surface area contributed by atoms with Crippen LogP contribution >= 0.6 is 0 Å². The van der Waals surface area contributed by atoms with Crippen molar-refractivity contribution in [3.05, 3.63) is 59.7 Å². The third kappa shape index (κ3) is 6.50. The number of allylic oxidation sites excluding steroid dienone is 4. The average Bonchev–Trinajstić information content (AvgIpc) is 2.63. The van der Waals surface area contributed by atoms with E-state index in [0.717, 1.165) is 44.6 Å². The zero-order chi connectivity index (χ0) is 18.1. The van der Waals surface area contributed by atoms with Crippen LogP contribution in [0.2, 0.25) is 0 Å². The summed E-state index contributed by atoms with van der Waals surface area (Å²) >= 11 is 0. The Morgan fingerprint density at radius 1 is 1.24 bits per heavy atom. The van der Waals surface area contributed by atoms with Crippen LogP contribution in [-0.2, 0) is 4.74 Å². The van der Waals surface area contributed by atoms with Gasteiger partial charge in [0, 0.05) is 0 Å². The van der Waals surface area contributed by atoms with E-state index in [2.05, 4.69) is 0 Å². The number of nitrogens with zero attached hydrogens (tertiary/aromatic N) is 1. The van der Waals surface area contributed by atoms with Gasteiger partial charge in [0.1, 0.15) is 18.0 Å². The average molecular weight is 345 g/mol. The molecule has 0 aliphatic heterocycles. The van der Waals surface area contributed by atoms with Crippen LogP contribution in [0.5, 0.6) is 0 Å². The lowest BCUT2D eigenvalue weighted by Crippen LogP contribution is -2.24. The molecule has 1 aromatic rings. The van der Waals surface area contributed by atoms with Gasteiger partial charge in [-0.15, -0.1) is 0 Å². The predicted molar refractivity (Wildman–Crippen MR) is 90.7 cm³/mol. The molecule has 1 aromatic carbocycles. The van der Waals surface area contributed by atoms with Crippen LogP contribution in [0.3, 0.4) is 0 Å². The van der Waals surface area contributed by atoms with E-state index in [9.17, 15) is 13.6 Å². The number of hydrogen-bond acceptors (Lipinski definition) is 3. The number of ether oxygens (including phenoxy) is 1. The van der Waals surface area contributed by atoms with Crippen molar-refractivity contribution in [2.75, 3.05) is 0 Å². The number of nitriles is 1. The highest BCUT2D eigenvalue weighted by Crippen LogP contribution is 2.30. The smallest absolute Gasteiger partial charge is 0.338 e.